The number of carbonyl (C=O) groups excluding carboxylic acids is 8. The van der Waals surface area contributed by atoms with Crippen LogP contribution >= 0.6 is 23.2 Å². The molecule has 0 bridgehead atoms. The number of rotatable bonds is 13. The largest absolute Gasteiger partial charge is 0.445 e. The van der Waals surface area contributed by atoms with Gasteiger partial charge in [-0.25, -0.2) is 14.6 Å². The summed E-state index contributed by atoms with van der Waals surface area (Å²) in [4.78, 5) is 109. The highest BCUT2D eigenvalue weighted by molar-refractivity contribution is 6.42. The van der Waals surface area contributed by atoms with E-state index in [9.17, 15) is 48.6 Å². The van der Waals surface area contributed by atoms with Gasteiger partial charge in [0, 0.05) is 31.6 Å². The molecule has 7 atom stereocenters. The van der Waals surface area contributed by atoms with Crippen LogP contribution in [0, 0.1) is 0 Å². The number of nitrogens with zero attached hydrogens (tertiary/aromatic N) is 1. The normalized spacial score (nSPS) is 24.2. The average Bonchev–Trinajstić information content (AvgIpc) is 3.19. The first kappa shape index (κ1) is 48.4. The molecule has 2 heterocycles. The summed E-state index contributed by atoms with van der Waals surface area (Å²) in [5, 5.41) is 41.3. The minimum Gasteiger partial charge on any atom is -0.445 e. The summed E-state index contributed by atoms with van der Waals surface area (Å²) in [6.45, 7) is -2.74. The minimum atomic E-state index is -1.83. The molecule has 2 aliphatic rings. The second kappa shape index (κ2) is 23.6. The third-order valence-corrected chi connectivity index (χ3v) is 9.31. The quantitative estimate of drug-likeness (QED) is 0.0821. The van der Waals surface area contributed by atoms with Gasteiger partial charge < -0.3 is 80.4 Å². The fourth-order valence-electron chi connectivity index (χ4n) is 5.53. The smallest absolute Gasteiger partial charge is 0.409 e. The van der Waals surface area contributed by atoms with E-state index in [1.165, 1.54) is 12.1 Å². The molecule has 60 heavy (non-hydrogen) atoms. The van der Waals surface area contributed by atoms with E-state index in [4.69, 9.17) is 50.9 Å². The van der Waals surface area contributed by atoms with Gasteiger partial charge >= 0.3 is 12.1 Å². The van der Waals surface area contributed by atoms with Crippen LogP contribution in [0.4, 0.5) is 9.59 Å². The first-order valence-electron chi connectivity index (χ1n) is 18.1. The van der Waals surface area contributed by atoms with E-state index in [-0.39, 0.29) is 35.5 Å². The van der Waals surface area contributed by atoms with Crippen molar-refractivity contribution in [2.45, 2.75) is 74.7 Å². The zero-order chi connectivity index (χ0) is 44.5. The van der Waals surface area contributed by atoms with Crippen LogP contribution in [0.15, 0.2) is 35.1 Å². The Morgan fingerprint density at radius 3 is 2.28 bits per heavy atom. The van der Waals surface area contributed by atoms with E-state index in [1.54, 1.807) is 6.07 Å². The lowest BCUT2D eigenvalue weighted by Crippen LogP contribution is -2.65. The van der Waals surface area contributed by atoms with Gasteiger partial charge in [0.05, 0.1) is 29.3 Å². The molecule has 9 amide bonds. The molecular formula is C33H48Cl2N14O11. The molecule has 0 saturated carbocycles. The highest BCUT2D eigenvalue weighted by Crippen LogP contribution is 2.23. The van der Waals surface area contributed by atoms with Gasteiger partial charge in [-0.15, -0.1) is 0 Å². The Hall–Kier alpha value is -5.99. The molecule has 3 rings (SSSR count). The van der Waals surface area contributed by atoms with Crippen molar-refractivity contribution in [3.05, 3.63) is 45.7 Å². The van der Waals surface area contributed by atoms with E-state index < -0.39 is 115 Å². The molecule has 0 aromatic heterocycles. The molecule has 19 N–H and O–H groups in total. The van der Waals surface area contributed by atoms with E-state index in [0.29, 0.717) is 31.1 Å². The second-order valence-electron chi connectivity index (χ2n) is 13.2. The highest BCUT2D eigenvalue weighted by atomic mass is 35.5. The molecule has 1 saturated heterocycles. The first-order chi connectivity index (χ1) is 28.4. The SMILES string of the molecule is NCCC[C@H](N)CC(=O)NC1CNC(=O)[C@@H](C2CC(NC(=O)OCc3ccc(Cl)c(Cl)c3)N=C(N)N2)NC(=O)/C(=C/NC(N)=O)NC(=O)[C@@H](CO)NC(=O)[C@@H](CO)NC1=O. The van der Waals surface area contributed by atoms with Gasteiger partial charge in [0.1, 0.15) is 42.6 Å². The van der Waals surface area contributed by atoms with Gasteiger partial charge in [-0.2, -0.15) is 0 Å². The van der Waals surface area contributed by atoms with Gasteiger partial charge in [0.25, 0.3) is 5.91 Å². The summed E-state index contributed by atoms with van der Waals surface area (Å²) in [6, 6.07) is -5.51. The van der Waals surface area contributed by atoms with E-state index in [2.05, 4.69) is 47.5 Å². The van der Waals surface area contributed by atoms with Gasteiger partial charge in [-0.05, 0) is 37.1 Å². The van der Waals surface area contributed by atoms with Crippen LogP contribution in [-0.2, 0) is 40.1 Å². The summed E-state index contributed by atoms with van der Waals surface area (Å²) in [5.74, 6) is -6.89. The zero-order valence-electron chi connectivity index (χ0n) is 31.8. The number of aliphatic imine (C=N–C) groups is 1. The molecule has 1 aromatic rings. The lowest BCUT2D eigenvalue weighted by Gasteiger charge is -2.34. The number of alkyl carbamates (subject to hydrolysis) is 1. The maximum atomic E-state index is 14.1. The Labute approximate surface area is 351 Å². The number of nitrogens with one attached hydrogen (secondary N) is 9. The number of carbonyl (C=O) groups is 8. The molecule has 0 radical (unpaired) electrons. The van der Waals surface area contributed by atoms with E-state index in [0.717, 1.165) is 0 Å². The van der Waals surface area contributed by atoms with Crippen molar-refractivity contribution in [1.82, 2.24) is 47.9 Å². The Kier molecular flexibility index (Phi) is 19.0. The molecule has 1 fully saturated rings. The Morgan fingerprint density at radius 1 is 0.950 bits per heavy atom. The van der Waals surface area contributed by atoms with Gasteiger partial charge in [0.15, 0.2) is 5.96 Å². The fourth-order valence-corrected chi connectivity index (χ4v) is 5.85. The Morgan fingerprint density at radius 2 is 1.63 bits per heavy atom. The number of hydrogen-bond acceptors (Lipinski definition) is 16. The second-order valence-corrected chi connectivity index (χ2v) is 14.1. The molecule has 0 aliphatic carbocycles. The molecule has 2 aliphatic heterocycles. The summed E-state index contributed by atoms with van der Waals surface area (Å²) < 4.78 is 5.25. The summed E-state index contributed by atoms with van der Waals surface area (Å²) >= 11 is 12.0. The number of benzene rings is 1. The lowest BCUT2D eigenvalue weighted by molar-refractivity contribution is -0.135. The van der Waals surface area contributed by atoms with Crippen molar-refractivity contribution in [1.29, 1.82) is 0 Å². The topological polar surface area (TPSA) is 411 Å². The fraction of sp³-hybridized carbons (Fsp3) is 0.485. The van der Waals surface area contributed by atoms with Crippen LogP contribution in [0.5, 0.6) is 0 Å². The zero-order valence-corrected chi connectivity index (χ0v) is 33.3. The predicted molar refractivity (Wildman–Crippen MR) is 211 cm³/mol. The number of ether oxygens (including phenoxy) is 1. The van der Waals surface area contributed by atoms with Crippen LogP contribution in [0.2, 0.25) is 10.0 Å². The molecule has 0 spiro atoms. The monoisotopic (exact) mass is 886 g/mol. The van der Waals surface area contributed by atoms with Gasteiger partial charge in [-0.3, -0.25) is 34.1 Å². The molecule has 3 unspecified atom stereocenters. The van der Waals surface area contributed by atoms with Gasteiger partial charge in [-0.1, -0.05) is 29.3 Å². The molecular weight excluding hydrogens is 839 g/mol. The number of amides is 9. The molecule has 1 aromatic carbocycles. The lowest BCUT2D eigenvalue weighted by atomic mass is 10.00. The number of guanidine groups is 1. The average molecular weight is 888 g/mol. The number of nitrogens with two attached hydrogens (primary N) is 4. The summed E-state index contributed by atoms with van der Waals surface area (Å²) in [5.41, 5.74) is 22.4. The van der Waals surface area contributed by atoms with Crippen LogP contribution in [0.1, 0.15) is 31.2 Å². The number of urea groups is 1. The number of halogens is 2. The van der Waals surface area contributed by atoms with Crippen LogP contribution in [0.3, 0.4) is 0 Å². The first-order valence-corrected chi connectivity index (χ1v) is 18.9. The maximum absolute atomic E-state index is 14.1. The van der Waals surface area contributed by atoms with Crippen molar-refractivity contribution in [2.75, 3.05) is 26.3 Å². The van der Waals surface area contributed by atoms with Crippen molar-refractivity contribution >= 4 is 76.7 Å². The van der Waals surface area contributed by atoms with E-state index in [1.807, 2.05) is 5.32 Å². The molecule has 27 heteroatoms. The van der Waals surface area contributed by atoms with Crippen LogP contribution < -0.4 is 70.8 Å². The maximum Gasteiger partial charge on any atom is 0.409 e. The highest BCUT2D eigenvalue weighted by Gasteiger charge is 2.38. The number of primary amides is 1. The van der Waals surface area contributed by atoms with Crippen molar-refractivity contribution in [3.8, 4) is 0 Å². The third kappa shape index (κ3) is 15.3. The summed E-state index contributed by atoms with van der Waals surface area (Å²) in [6.07, 6.45) is -1.19. The third-order valence-electron chi connectivity index (χ3n) is 8.57. The van der Waals surface area contributed by atoms with Crippen molar-refractivity contribution in [3.63, 3.8) is 0 Å². The minimum absolute atomic E-state index is 0.223. The predicted octanol–water partition coefficient (Wildman–Crippen LogP) is -5.64. The van der Waals surface area contributed by atoms with Crippen LogP contribution in [-0.4, -0.2) is 132 Å². The molecule has 330 valence electrons. The standard InChI is InChI=1S/C33H48Cl2N14O11/c34-16-4-3-14(6-17(16)35)13-60-33(59)48-23-8-18(46-31(38)47-23)25-30(57)40-9-19(42-24(52)7-15(37)2-1-5-36)26(53)44-22(12-51)29(56)45-21(11-50)28(55)43-20(27(54)49-25)10-41-32(39)58/h3-4,6,10,15,18-19,21-23,25,50-51H,1-2,5,7-9,11-13,36-37H2,(H,40,57)(H,42,52)(H,43,55)(H,44,53)(H,45,56)(H,48,59)(H,49,54)(H3,38,46,47)(H3,39,41,58)/b20-10-/t15-,18?,19?,21+,22+,23?,25+/m0/s1. The Balaban J connectivity index is 1.98. The number of aliphatic hydroxyl groups excluding tert-OH is 2. The summed E-state index contributed by atoms with van der Waals surface area (Å²) in [7, 11) is 0. The van der Waals surface area contributed by atoms with Crippen LogP contribution in [0.25, 0.3) is 0 Å². The van der Waals surface area contributed by atoms with Crippen molar-refractivity contribution < 1.29 is 53.3 Å². The van der Waals surface area contributed by atoms with Gasteiger partial charge in [0.2, 0.25) is 29.5 Å². The van der Waals surface area contributed by atoms with E-state index >= 15 is 0 Å². The number of hydrogen-bond donors (Lipinski definition) is 15. The Bertz CT molecular complexity index is 1840. The molecule has 25 nitrogen and oxygen atoms in total. The number of aliphatic hydroxyl groups is 2. The van der Waals surface area contributed by atoms with Crippen molar-refractivity contribution in [2.24, 2.45) is 27.9 Å².